The van der Waals surface area contributed by atoms with Crippen LogP contribution in [0.25, 0.3) is 11.1 Å². The predicted molar refractivity (Wildman–Crippen MR) is 209 cm³/mol. The van der Waals surface area contributed by atoms with Crippen LogP contribution in [0.3, 0.4) is 0 Å². The number of aromatic nitrogens is 1. The molecule has 0 unspecified atom stereocenters. The highest BCUT2D eigenvalue weighted by atomic mass is 19.4. The second-order valence-corrected chi connectivity index (χ2v) is 15.2. The number of aryl methyl sites for hydroxylation is 1. The van der Waals surface area contributed by atoms with Crippen molar-refractivity contribution >= 4 is 11.9 Å². The molecule has 57 heavy (non-hydrogen) atoms. The van der Waals surface area contributed by atoms with Gasteiger partial charge in [-0.25, -0.2) is 13.2 Å². The molecule has 1 amide bonds. The van der Waals surface area contributed by atoms with Crippen LogP contribution in [0.5, 0.6) is 0 Å². The van der Waals surface area contributed by atoms with E-state index in [1.165, 1.54) is 12.1 Å². The highest BCUT2D eigenvalue weighted by molar-refractivity contribution is 5.82. The molecule has 0 radical (unpaired) electrons. The van der Waals surface area contributed by atoms with Gasteiger partial charge in [0.2, 0.25) is 5.91 Å². The summed E-state index contributed by atoms with van der Waals surface area (Å²) in [7, 11) is 3.37. The van der Waals surface area contributed by atoms with Crippen LogP contribution >= 0.6 is 0 Å². The van der Waals surface area contributed by atoms with Crippen LogP contribution in [-0.2, 0) is 33.3 Å². The number of carbonyl (C=O) groups is 2. The Labute approximate surface area is 330 Å². The van der Waals surface area contributed by atoms with Gasteiger partial charge in [0.05, 0.1) is 24.6 Å². The fourth-order valence-corrected chi connectivity index (χ4v) is 7.09. The van der Waals surface area contributed by atoms with Gasteiger partial charge in [-0.05, 0) is 151 Å². The van der Waals surface area contributed by atoms with Crippen molar-refractivity contribution < 1.29 is 40.7 Å². The lowest BCUT2D eigenvalue weighted by atomic mass is 9.87. The first-order chi connectivity index (χ1) is 26.9. The van der Waals surface area contributed by atoms with Gasteiger partial charge < -0.3 is 19.5 Å². The minimum Gasteiger partial charge on any atom is -0.466 e. The summed E-state index contributed by atoms with van der Waals surface area (Å²) < 4.78 is 95.6. The van der Waals surface area contributed by atoms with Crippen LogP contribution in [-0.4, -0.2) is 48.6 Å². The molecule has 1 heterocycles. The van der Waals surface area contributed by atoms with Crippen molar-refractivity contribution in [3.05, 3.63) is 116 Å². The Bertz CT molecular complexity index is 2030. The zero-order chi connectivity index (χ0) is 42.2. The average Bonchev–Trinajstić information content (AvgIpc) is 3.97. The van der Waals surface area contributed by atoms with Gasteiger partial charge in [-0.3, -0.25) is 14.4 Å². The molecule has 0 aliphatic heterocycles. The van der Waals surface area contributed by atoms with E-state index in [1.807, 2.05) is 13.8 Å². The quantitative estimate of drug-likeness (QED) is 0.0566. The van der Waals surface area contributed by atoms with Crippen LogP contribution < -0.4 is 10.9 Å². The molecule has 1 aliphatic rings. The minimum absolute atomic E-state index is 0.0177. The highest BCUT2D eigenvalue weighted by Crippen LogP contribution is 2.45. The molecule has 1 fully saturated rings. The number of ether oxygens (including phenoxy) is 1. The number of carbonyl (C=O) groups excluding carboxylic acids is 2. The van der Waals surface area contributed by atoms with Gasteiger partial charge in [-0.1, -0.05) is 17.7 Å². The summed E-state index contributed by atoms with van der Waals surface area (Å²) in [5, 5.41) is 2.70. The van der Waals surface area contributed by atoms with Crippen LogP contribution in [0.1, 0.15) is 117 Å². The Morgan fingerprint density at radius 3 is 2.35 bits per heavy atom. The molecular formula is C44H53F6N3O4. The molecule has 0 bridgehead atoms. The molecule has 1 N–H and O–H groups in total. The highest BCUT2D eigenvalue weighted by Gasteiger charge is 2.37. The summed E-state index contributed by atoms with van der Waals surface area (Å²) in [6, 6.07) is 1.76. The van der Waals surface area contributed by atoms with Crippen LogP contribution in [0, 0.1) is 24.4 Å². The number of hydrogen-bond donors (Lipinski definition) is 1. The monoisotopic (exact) mass is 801 g/mol. The number of allylic oxidation sites excluding steroid dienone is 3. The number of rotatable bonds is 19. The van der Waals surface area contributed by atoms with E-state index < -0.39 is 65.1 Å². The number of unbranched alkanes of at least 4 members (excludes halogenated alkanes) is 2. The molecule has 1 saturated carbocycles. The number of esters is 1. The van der Waals surface area contributed by atoms with E-state index in [0.717, 1.165) is 35.2 Å². The largest absolute Gasteiger partial charge is 0.466 e. The van der Waals surface area contributed by atoms with Crippen molar-refractivity contribution in [2.75, 3.05) is 27.2 Å². The van der Waals surface area contributed by atoms with Crippen molar-refractivity contribution in [3.63, 3.8) is 0 Å². The van der Waals surface area contributed by atoms with E-state index in [1.54, 1.807) is 38.9 Å². The van der Waals surface area contributed by atoms with Crippen LogP contribution in [0.2, 0.25) is 0 Å². The first-order valence-electron chi connectivity index (χ1n) is 19.4. The Hall–Kier alpha value is -4.65. The summed E-state index contributed by atoms with van der Waals surface area (Å²) in [5.74, 6) is -4.57. The van der Waals surface area contributed by atoms with Crippen molar-refractivity contribution in [1.29, 1.82) is 0 Å². The molecule has 3 aromatic rings. The normalized spacial score (nSPS) is 14.0. The van der Waals surface area contributed by atoms with Crippen molar-refractivity contribution in [1.82, 2.24) is 14.8 Å². The molecule has 0 spiro atoms. The van der Waals surface area contributed by atoms with E-state index in [4.69, 9.17) is 4.74 Å². The van der Waals surface area contributed by atoms with Crippen molar-refractivity contribution in [3.8, 4) is 11.1 Å². The predicted octanol–water partition coefficient (Wildman–Crippen LogP) is 9.85. The van der Waals surface area contributed by atoms with Gasteiger partial charge in [-0.15, -0.1) is 6.58 Å². The topological polar surface area (TPSA) is 80.6 Å². The molecule has 1 aromatic heterocycles. The Balaban J connectivity index is 1.86. The maximum Gasteiger partial charge on any atom is 0.416 e. The fourth-order valence-electron chi connectivity index (χ4n) is 7.09. The summed E-state index contributed by atoms with van der Waals surface area (Å²) in [6.45, 7) is 11.0. The number of alkyl halides is 3. The summed E-state index contributed by atoms with van der Waals surface area (Å²) in [5.41, 5.74) is 0.208. The van der Waals surface area contributed by atoms with Gasteiger partial charge in [-0.2, -0.15) is 13.2 Å². The van der Waals surface area contributed by atoms with E-state index in [9.17, 15) is 31.9 Å². The molecule has 2 atom stereocenters. The molecule has 7 nitrogen and oxygen atoms in total. The van der Waals surface area contributed by atoms with Gasteiger partial charge in [0.15, 0.2) is 11.6 Å². The third kappa shape index (κ3) is 11.7. The lowest BCUT2D eigenvalue weighted by Gasteiger charge is -2.26. The third-order valence-corrected chi connectivity index (χ3v) is 10.1. The number of amides is 1. The van der Waals surface area contributed by atoms with E-state index >= 15 is 8.78 Å². The molecule has 13 heteroatoms. The number of nitrogens with zero attached hydrogens (tertiary/aromatic N) is 2. The van der Waals surface area contributed by atoms with Gasteiger partial charge in [0.1, 0.15) is 11.9 Å². The lowest BCUT2D eigenvalue weighted by molar-refractivity contribution is -0.144. The third-order valence-electron chi connectivity index (χ3n) is 10.1. The molecule has 4 rings (SSSR count). The summed E-state index contributed by atoms with van der Waals surface area (Å²) in [6.07, 6.45) is 2.31. The van der Waals surface area contributed by atoms with Gasteiger partial charge >= 0.3 is 12.1 Å². The smallest absolute Gasteiger partial charge is 0.416 e. The fraction of sp³-hybridized carbons (Fsp3) is 0.477. The molecule has 2 aromatic carbocycles. The minimum atomic E-state index is -4.83. The lowest BCUT2D eigenvalue weighted by Crippen LogP contribution is -2.40. The second kappa shape index (κ2) is 19.7. The van der Waals surface area contributed by atoms with E-state index in [-0.39, 0.29) is 60.6 Å². The summed E-state index contributed by atoms with van der Waals surface area (Å²) >= 11 is 0. The van der Waals surface area contributed by atoms with Gasteiger partial charge in [0.25, 0.3) is 5.56 Å². The Morgan fingerprint density at radius 1 is 1.05 bits per heavy atom. The van der Waals surface area contributed by atoms with E-state index in [2.05, 4.69) is 18.0 Å². The average molecular weight is 802 g/mol. The first kappa shape index (κ1) is 45.1. The maximum absolute atomic E-state index is 16.8. The van der Waals surface area contributed by atoms with E-state index in [0.29, 0.717) is 42.0 Å². The number of hydrogen-bond acceptors (Lipinski definition) is 5. The summed E-state index contributed by atoms with van der Waals surface area (Å²) in [4.78, 5) is 42.3. The standard InChI is InChI=1S/C44H53F6N3O4/c1-8-13-37(53-25-29(18-19-52(6)7)34(23-38(53)54)44(48,49)50)43(56)51-36(24-39(55)57-9-2)33-22-30(21-32(41(33)46)28-16-17-28)40-27(5)20-35(45)42(47)31(40)15-12-10-11-14-26(3)4/h8,14,20-23,25,28,36-37H,1,9-13,15-19,24H2,2-7H3,(H,51,56)/t36-,37-/m0/s1. The number of benzene rings is 2. The van der Waals surface area contributed by atoms with Crippen molar-refractivity contribution in [2.24, 2.45) is 0 Å². The zero-order valence-electron chi connectivity index (χ0n) is 33.6. The van der Waals surface area contributed by atoms with Gasteiger partial charge in [0, 0.05) is 24.4 Å². The number of halogens is 6. The van der Waals surface area contributed by atoms with Crippen LogP contribution in [0.15, 0.2) is 59.6 Å². The van der Waals surface area contributed by atoms with Crippen LogP contribution in [0.4, 0.5) is 26.3 Å². The molecular weight excluding hydrogens is 748 g/mol. The first-order valence-corrected chi connectivity index (χ1v) is 19.4. The SMILES string of the molecule is C=CC[C@@H](C(=O)N[C@@H](CC(=O)OCC)c1cc(-c2c(C)cc(F)c(F)c2CCCCC=C(C)C)cc(C2CC2)c1F)n1cc(CCN(C)C)c(C(F)(F)F)cc1=O. The zero-order valence-corrected chi connectivity index (χ0v) is 33.6. The second-order valence-electron chi connectivity index (χ2n) is 15.2. The maximum atomic E-state index is 16.8. The molecule has 0 saturated heterocycles. The number of likely N-dealkylation sites (N-methyl/N-ethyl adjacent to an activating group) is 1. The number of nitrogens with one attached hydrogen (secondary N) is 1. The Morgan fingerprint density at radius 2 is 1.75 bits per heavy atom. The Kier molecular flexibility index (Phi) is 15.5. The molecule has 1 aliphatic carbocycles. The molecule has 310 valence electrons. The number of pyridine rings is 1. The van der Waals surface area contributed by atoms with Crippen molar-refractivity contribution in [2.45, 2.75) is 110 Å².